The van der Waals surface area contributed by atoms with E-state index in [2.05, 4.69) is 15.2 Å². The molecule has 1 unspecified atom stereocenters. The summed E-state index contributed by atoms with van der Waals surface area (Å²) in [6, 6.07) is 11.3. The van der Waals surface area contributed by atoms with Gasteiger partial charge in [-0.3, -0.25) is 15.6 Å². The lowest BCUT2D eigenvalue weighted by Gasteiger charge is -2.22. The van der Waals surface area contributed by atoms with Crippen LogP contribution in [0.2, 0.25) is 5.02 Å². The van der Waals surface area contributed by atoms with Gasteiger partial charge in [-0.15, -0.1) is 0 Å². The SMILES string of the molecule is CCN(CC)CC(O)CNC(=O)c1ccc(C(=N)OC(=N)c2c(N)ncc3ccc(Cl)cc23)cc1. The Morgan fingerprint density at radius 3 is 2.46 bits per heavy atom. The number of hydrogen-bond acceptors (Lipinski definition) is 8. The molecule has 1 amide bonds. The van der Waals surface area contributed by atoms with Crippen LogP contribution in [0.5, 0.6) is 0 Å². The van der Waals surface area contributed by atoms with Crippen molar-refractivity contribution in [3.05, 3.63) is 70.4 Å². The second-order valence-electron chi connectivity index (χ2n) is 7.94. The van der Waals surface area contributed by atoms with Crippen molar-refractivity contribution >= 4 is 45.9 Å². The van der Waals surface area contributed by atoms with Gasteiger partial charge in [-0.2, -0.15) is 0 Å². The molecule has 1 aromatic heterocycles. The lowest BCUT2D eigenvalue weighted by atomic mass is 10.1. The number of hydrogen-bond donors (Lipinski definition) is 5. The number of nitrogens with zero attached hydrogens (tertiary/aromatic N) is 2. The van der Waals surface area contributed by atoms with Gasteiger partial charge in [-0.25, -0.2) is 4.98 Å². The summed E-state index contributed by atoms with van der Waals surface area (Å²) < 4.78 is 5.45. The standard InChI is InChI=1S/C25H29ClN6O3/c1-3-32(4-2)14-19(33)13-31-25(34)16-7-5-15(6-8-16)23(28)35-24(29)21-20-11-18(26)10-9-17(20)12-30-22(21)27/h5-12,19,28-29,33H,3-4,13-14H2,1-2H3,(H2,27,30)(H,31,34). The molecule has 1 heterocycles. The Kier molecular flexibility index (Phi) is 8.75. The number of nitrogen functional groups attached to an aromatic ring is 1. The number of fused-ring (bicyclic) bond motifs is 1. The summed E-state index contributed by atoms with van der Waals surface area (Å²) in [4.78, 5) is 18.6. The van der Waals surface area contributed by atoms with Gasteiger partial charge in [-0.1, -0.05) is 31.5 Å². The quantitative estimate of drug-likeness (QED) is 0.227. The number of pyridine rings is 1. The Morgan fingerprint density at radius 1 is 1.14 bits per heavy atom. The minimum Gasteiger partial charge on any atom is -0.420 e. The number of carbonyl (C=O) groups excluding carboxylic acids is 1. The molecule has 35 heavy (non-hydrogen) atoms. The number of aliphatic hydroxyl groups excluding tert-OH is 1. The number of aromatic nitrogens is 1. The first kappa shape index (κ1) is 26.1. The van der Waals surface area contributed by atoms with Crippen molar-refractivity contribution in [1.82, 2.24) is 15.2 Å². The van der Waals surface area contributed by atoms with Gasteiger partial charge < -0.3 is 25.8 Å². The van der Waals surface area contributed by atoms with Crippen molar-refractivity contribution in [3.63, 3.8) is 0 Å². The summed E-state index contributed by atoms with van der Waals surface area (Å²) in [5.41, 5.74) is 6.98. The Hall–Kier alpha value is -3.53. The van der Waals surface area contributed by atoms with E-state index in [1.165, 1.54) is 0 Å². The predicted octanol–water partition coefficient (Wildman–Crippen LogP) is 3.27. The van der Waals surface area contributed by atoms with Crippen LogP contribution in [0, 0.1) is 10.8 Å². The van der Waals surface area contributed by atoms with Crippen LogP contribution in [0.3, 0.4) is 0 Å². The number of likely N-dealkylation sites (N-methyl/N-ethyl adjacent to an activating group) is 1. The normalized spacial score (nSPS) is 11.9. The number of ether oxygens (including phenoxy) is 1. The van der Waals surface area contributed by atoms with Crippen LogP contribution in [0.15, 0.2) is 48.7 Å². The van der Waals surface area contributed by atoms with Crippen molar-refractivity contribution in [3.8, 4) is 0 Å². The van der Waals surface area contributed by atoms with Crippen molar-refractivity contribution in [2.24, 2.45) is 0 Å². The van der Waals surface area contributed by atoms with Crippen molar-refractivity contribution in [2.45, 2.75) is 20.0 Å². The molecule has 0 saturated carbocycles. The Balaban J connectivity index is 1.64. The van der Waals surface area contributed by atoms with Crippen molar-refractivity contribution in [1.29, 1.82) is 10.8 Å². The molecule has 0 radical (unpaired) electrons. The number of benzene rings is 2. The molecule has 0 aliphatic carbocycles. The molecule has 184 valence electrons. The molecule has 0 saturated heterocycles. The van der Waals surface area contributed by atoms with Gasteiger partial charge in [0.2, 0.25) is 11.8 Å². The maximum Gasteiger partial charge on any atom is 0.251 e. The maximum absolute atomic E-state index is 12.4. The molecule has 9 nitrogen and oxygen atoms in total. The molecule has 6 N–H and O–H groups in total. The van der Waals surface area contributed by atoms with Gasteiger partial charge in [0.1, 0.15) is 5.82 Å². The minimum absolute atomic E-state index is 0.0905. The molecular formula is C25H29ClN6O3. The van der Waals surface area contributed by atoms with E-state index in [1.807, 2.05) is 13.8 Å². The van der Waals surface area contributed by atoms with E-state index in [-0.39, 0.29) is 35.6 Å². The second-order valence-corrected chi connectivity index (χ2v) is 8.37. The number of amides is 1. The molecule has 0 aliphatic rings. The van der Waals surface area contributed by atoms with Gasteiger partial charge in [0.15, 0.2) is 0 Å². The molecule has 3 aromatic rings. The number of anilines is 1. The molecule has 0 bridgehead atoms. The van der Waals surface area contributed by atoms with Gasteiger partial charge in [0.05, 0.1) is 11.7 Å². The fourth-order valence-electron chi connectivity index (χ4n) is 3.58. The van der Waals surface area contributed by atoms with E-state index >= 15 is 0 Å². The topological polar surface area (TPSA) is 148 Å². The van der Waals surface area contributed by atoms with E-state index in [0.29, 0.717) is 28.1 Å². The van der Waals surface area contributed by atoms with E-state index in [1.54, 1.807) is 48.7 Å². The summed E-state index contributed by atoms with van der Waals surface area (Å²) in [6.07, 6.45) is 0.909. The Morgan fingerprint density at radius 2 is 1.80 bits per heavy atom. The highest BCUT2D eigenvalue weighted by molar-refractivity contribution is 6.31. The maximum atomic E-state index is 12.4. The lowest BCUT2D eigenvalue weighted by molar-refractivity contribution is 0.0869. The van der Waals surface area contributed by atoms with E-state index in [9.17, 15) is 9.90 Å². The lowest BCUT2D eigenvalue weighted by Crippen LogP contribution is -2.40. The average Bonchev–Trinajstić information content (AvgIpc) is 2.85. The summed E-state index contributed by atoms with van der Waals surface area (Å²) in [7, 11) is 0. The highest BCUT2D eigenvalue weighted by Gasteiger charge is 2.17. The first-order valence-electron chi connectivity index (χ1n) is 11.2. The van der Waals surface area contributed by atoms with Crippen molar-refractivity contribution < 1.29 is 14.6 Å². The summed E-state index contributed by atoms with van der Waals surface area (Å²) >= 11 is 6.10. The minimum atomic E-state index is -0.670. The monoisotopic (exact) mass is 496 g/mol. The number of halogens is 1. The third-order valence-corrected chi connectivity index (χ3v) is 5.82. The molecule has 2 aromatic carbocycles. The number of nitrogens with one attached hydrogen (secondary N) is 3. The molecular weight excluding hydrogens is 468 g/mol. The fraction of sp³-hybridized carbons (Fsp3) is 0.280. The zero-order valence-electron chi connectivity index (χ0n) is 19.6. The van der Waals surface area contributed by atoms with Gasteiger partial charge in [0.25, 0.3) is 5.91 Å². The Labute approximate surface area is 208 Å². The molecule has 10 heteroatoms. The molecule has 0 spiro atoms. The molecule has 0 fully saturated rings. The molecule has 0 aliphatic heterocycles. The van der Waals surface area contributed by atoms with Gasteiger partial charge >= 0.3 is 0 Å². The fourth-order valence-corrected chi connectivity index (χ4v) is 3.75. The molecule has 3 rings (SSSR count). The summed E-state index contributed by atoms with van der Waals surface area (Å²) in [5.74, 6) is -0.860. The summed E-state index contributed by atoms with van der Waals surface area (Å²) in [6.45, 7) is 6.30. The van der Waals surface area contributed by atoms with E-state index in [0.717, 1.165) is 18.5 Å². The average molecular weight is 497 g/mol. The van der Waals surface area contributed by atoms with Crippen LogP contribution in [-0.2, 0) is 4.74 Å². The number of rotatable bonds is 9. The Bertz CT molecular complexity index is 1220. The number of carbonyl (C=O) groups is 1. The van der Waals surface area contributed by atoms with Crippen LogP contribution >= 0.6 is 11.6 Å². The van der Waals surface area contributed by atoms with Crippen LogP contribution in [-0.4, -0.2) is 65.0 Å². The predicted molar refractivity (Wildman–Crippen MR) is 138 cm³/mol. The van der Waals surface area contributed by atoms with Crippen molar-refractivity contribution in [2.75, 3.05) is 31.9 Å². The highest BCUT2D eigenvalue weighted by atomic mass is 35.5. The highest BCUT2D eigenvalue weighted by Crippen LogP contribution is 2.26. The summed E-state index contributed by atoms with van der Waals surface area (Å²) in [5, 5.41) is 31.3. The third-order valence-electron chi connectivity index (χ3n) is 5.59. The van der Waals surface area contributed by atoms with Crippen LogP contribution in [0.4, 0.5) is 5.82 Å². The first-order valence-corrected chi connectivity index (χ1v) is 11.6. The van der Waals surface area contributed by atoms with Crippen LogP contribution < -0.4 is 11.1 Å². The van der Waals surface area contributed by atoms with E-state index < -0.39 is 6.10 Å². The zero-order valence-corrected chi connectivity index (χ0v) is 20.4. The zero-order chi connectivity index (χ0) is 25.5. The number of aliphatic hydroxyl groups is 1. The largest absolute Gasteiger partial charge is 0.420 e. The number of nitrogens with two attached hydrogens (primary N) is 1. The van der Waals surface area contributed by atoms with E-state index in [4.69, 9.17) is 32.9 Å². The molecule has 1 atom stereocenters. The second kappa shape index (κ2) is 11.7. The van der Waals surface area contributed by atoms with Crippen LogP contribution in [0.25, 0.3) is 10.8 Å². The van der Waals surface area contributed by atoms with Crippen LogP contribution in [0.1, 0.15) is 35.3 Å². The smallest absolute Gasteiger partial charge is 0.251 e. The first-order chi connectivity index (χ1) is 16.7. The van der Waals surface area contributed by atoms with Gasteiger partial charge in [-0.05, 0) is 49.5 Å². The third kappa shape index (κ3) is 6.54. The van der Waals surface area contributed by atoms with Gasteiger partial charge in [0, 0.05) is 46.2 Å².